The average Bonchev–Trinajstić information content (AvgIpc) is 3.28. The summed E-state index contributed by atoms with van der Waals surface area (Å²) in [5.74, 6) is -0.617. The molecule has 0 bridgehead atoms. The van der Waals surface area contributed by atoms with Gasteiger partial charge in [0.25, 0.3) is 5.91 Å². The number of methoxy groups -OCH3 is 1. The minimum absolute atomic E-state index is 0.00438. The molecule has 2 fully saturated rings. The number of amides is 2. The highest BCUT2D eigenvalue weighted by Crippen LogP contribution is 2.24. The first-order valence-corrected chi connectivity index (χ1v) is 12.0. The molecule has 12 heteroatoms. The van der Waals surface area contributed by atoms with Gasteiger partial charge in [-0.15, -0.1) is 10.2 Å². The first-order chi connectivity index (χ1) is 15.6. The molecule has 11 nitrogen and oxygen atoms in total. The van der Waals surface area contributed by atoms with E-state index >= 15 is 0 Å². The fourth-order valence-corrected chi connectivity index (χ4v) is 4.51. The molecule has 2 amide bonds. The summed E-state index contributed by atoms with van der Waals surface area (Å²) in [6.45, 7) is 7.75. The van der Waals surface area contributed by atoms with Gasteiger partial charge in [0.1, 0.15) is 12.2 Å². The number of hydrogen-bond donors (Lipinski definition) is 1. The highest BCUT2D eigenvalue weighted by Gasteiger charge is 2.29. The Labute approximate surface area is 197 Å². The fourth-order valence-electron chi connectivity index (χ4n) is 3.71. The van der Waals surface area contributed by atoms with Crippen molar-refractivity contribution in [2.75, 3.05) is 44.8 Å². The smallest absolute Gasteiger partial charge is 0.410 e. The normalized spacial score (nSPS) is 21.5. The SMILES string of the molecule is COC(=O)COC1CCC(NC(=O)c2nnc(N3CCN(C(=O)OC(C)(C)C)CC3)s2)CC1. The highest BCUT2D eigenvalue weighted by molar-refractivity contribution is 7.17. The summed E-state index contributed by atoms with van der Waals surface area (Å²) < 4.78 is 15.6. The van der Waals surface area contributed by atoms with Gasteiger partial charge in [0.05, 0.1) is 13.2 Å². The number of nitrogens with zero attached hydrogens (tertiary/aromatic N) is 4. The van der Waals surface area contributed by atoms with E-state index < -0.39 is 5.60 Å². The molecule has 2 aliphatic rings. The Morgan fingerprint density at radius 2 is 1.73 bits per heavy atom. The largest absolute Gasteiger partial charge is 0.467 e. The zero-order chi connectivity index (χ0) is 24.0. The molecule has 1 aromatic rings. The lowest BCUT2D eigenvalue weighted by molar-refractivity contribution is -0.148. The molecule has 1 aliphatic heterocycles. The molecule has 1 N–H and O–H groups in total. The molecule has 0 unspecified atom stereocenters. The van der Waals surface area contributed by atoms with Crippen molar-refractivity contribution in [1.29, 1.82) is 0 Å². The minimum Gasteiger partial charge on any atom is -0.467 e. The third-order valence-corrected chi connectivity index (χ3v) is 6.47. The van der Waals surface area contributed by atoms with Crippen LogP contribution in [0, 0.1) is 0 Å². The standard InChI is InChI=1S/C21H33N5O6S/c1-21(2,3)32-20(29)26-11-9-25(10-12-26)19-24-23-18(33-19)17(28)22-14-5-7-15(8-6-14)31-13-16(27)30-4/h14-15H,5-13H2,1-4H3,(H,22,28). The van der Waals surface area contributed by atoms with Gasteiger partial charge in [0.2, 0.25) is 10.1 Å². The lowest BCUT2D eigenvalue weighted by atomic mass is 9.93. The van der Waals surface area contributed by atoms with Gasteiger partial charge in [-0.1, -0.05) is 11.3 Å². The first kappa shape index (κ1) is 25.2. The van der Waals surface area contributed by atoms with Gasteiger partial charge in [-0.2, -0.15) is 0 Å². The molecule has 33 heavy (non-hydrogen) atoms. The summed E-state index contributed by atoms with van der Waals surface area (Å²) in [6.07, 6.45) is 2.77. The zero-order valence-corrected chi connectivity index (χ0v) is 20.5. The summed E-state index contributed by atoms with van der Waals surface area (Å²) in [7, 11) is 1.33. The van der Waals surface area contributed by atoms with Crippen LogP contribution in [-0.2, 0) is 19.0 Å². The summed E-state index contributed by atoms with van der Waals surface area (Å²) >= 11 is 1.25. The number of carbonyl (C=O) groups is 3. The minimum atomic E-state index is -0.523. The Balaban J connectivity index is 1.42. The molecule has 0 spiro atoms. The van der Waals surface area contributed by atoms with Crippen molar-refractivity contribution in [1.82, 2.24) is 20.4 Å². The van der Waals surface area contributed by atoms with E-state index in [1.807, 2.05) is 25.7 Å². The maximum atomic E-state index is 12.6. The van der Waals surface area contributed by atoms with Crippen molar-refractivity contribution in [3.63, 3.8) is 0 Å². The lowest BCUT2D eigenvalue weighted by Crippen LogP contribution is -2.50. The average molecular weight is 484 g/mol. The number of anilines is 1. The van der Waals surface area contributed by atoms with E-state index in [1.165, 1.54) is 18.4 Å². The number of piperazine rings is 1. The van der Waals surface area contributed by atoms with Crippen molar-refractivity contribution < 1.29 is 28.6 Å². The van der Waals surface area contributed by atoms with Gasteiger partial charge in [-0.25, -0.2) is 9.59 Å². The molecule has 1 saturated heterocycles. The van der Waals surface area contributed by atoms with Crippen LogP contribution in [0.4, 0.5) is 9.93 Å². The Bertz CT molecular complexity index is 825. The molecular formula is C21H33N5O6S. The first-order valence-electron chi connectivity index (χ1n) is 11.2. The number of ether oxygens (including phenoxy) is 3. The van der Waals surface area contributed by atoms with Crippen molar-refractivity contribution in [2.45, 2.75) is 64.2 Å². The molecule has 1 saturated carbocycles. The highest BCUT2D eigenvalue weighted by atomic mass is 32.1. The van der Waals surface area contributed by atoms with Crippen LogP contribution in [-0.4, -0.2) is 90.7 Å². The number of hydrogen-bond acceptors (Lipinski definition) is 10. The van der Waals surface area contributed by atoms with Gasteiger partial charge in [0, 0.05) is 32.2 Å². The second-order valence-corrected chi connectivity index (χ2v) is 10.1. The monoisotopic (exact) mass is 483 g/mol. The third-order valence-electron chi connectivity index (χ3n) is 5.48. The van der Waals surface area contributed by atoms with Gasteiger partial charge in [-0.3, -0.25) is 4.79 Å². The predicted octanol–water partition coefficient (Wildman–Crippen LogP) is 1.83. The van der Waals surface area contributed by atoms with Crippen LogP contribution in [0.15, 0.2) is 0 Å². The number of rotatable bonds is 6. The Kier molecular flexibility index (Phi) is 8.46. The predicted molar refractivity (Wildman–Crippen MR) is 121 cm³/mol. The van der Waals surface area contributed by atoms with E-state index in [2.05, 4.69) is 20.3 Å². The van der Waals surface area contributed by atoms with Crippen LogP contribution < -0.4 is 10.2 Å². The molecule has 184 valence electrons. The molecule has 0 aromatic carbocycles. The Hall–Kier alpha value is -2.47. The quantitative estimate of drug-likeness (QED) is 0.604. The van der Waals surface area contributed by atoms with E-state index in [4.69, 9.17) is 9.47 Å². The van der Waals surface area contributed by atoms with Crippen molar-refractivity contribution >= 4 is 34.4 Å². The zero-order valence-electron chi connectivity index (χ0n) is 19.7. The summed E-state index contributed by atoms with van der Waals surface area (Å²) in [4.78, 5) is 39.8. The molecule has 0 radical (unpaired) electrons. The van der Waals surface area contributed by atoms with Crippen molar-refractivity contribution in [3.8, 4) is 0 Å². The van der Waals surface area contributed by atoms with Crippen molar-refractivity contribution in [3.05, 3.63) is 5.01 Å². The molecule has 1 aromatic heterocycles. The van der Waals surface area contributed by atoms with E-state index in [1.54, 1.807) is 4.90 Å². The summed E-state index contributed by atoms with van der Waals surface area (Å²) in [5.41, 5.74) is -0.523. The maximum Gasteiger partial charge on any atom is 0.410 e. The van der Waals surface area contributed by atoms with Crippen molar-refractivity contribution in [2.24, 2.45) is 0 Å². The summed E-state index contributed by atoms with van der Waals surface area (Å²) in [5, 5.41) is 12.3. The van der Waals surface area contributed by atoms with E-state index in [0.29, 0.717) is 36.3 Å². The van der Waals surface area contributed by atoms with Gasteiger partial charge in [0.15, 0.2) is 0 Å². The van der Waals surface area contributed by atoms with Crippen LogP contribution in [0.25, 0.3) is 0 Å². The number of carbonyl (C=O) groups excluding carboxylic acids is 3. The summed E-state index contributed by atoms with van der Waals surface area (Å²) in [6, 6.07) is 0.0419. The van der Waals surface area contributed by atoms with E-state index in [9.17, 15) is 14.4 Å². The van der Waals surface area contributed by atoms with Gasteiger partial charge >= 0.3 is 12.1 Å². The maximum absolute atomic E-state index is 12.6. The Morgan fingerprint density at radius 3 is 2.33 bits per heavy atom. The van der Waals surface area contributed by atoms with Gasteiger partial charge < -0.3 is 29.3 Å². The second-order valence-electron chi connectivity index (χ2n) is 9.18. The van der Waals surface area contributed by atoms with Crippen LogP contribution in [0.3, 0.4) is 0 Å². The second kappa shape index (κ2) is 11.1. The molecule has 0 atom stereocenters. The van der Waals surface area contributed by atoms with Crippen LogP contribution in [0.1, 0.15) is 56.3 Å². The van der Waals surface area contributed by atoms with Crippen LogP contribution in [0.2, 0.25) is 0 Å². The molecule has 1 aliphatic carbocycles. The van der Waals surface area contributed by atoms with Crippen LogP contribution in [0.5, 0.6) is 0 Å². The number of esters is 1. The fraction of sp³-hybridized carbons (Fsp3) is 0.762. The van der Waals surface area contributed by atoms with E-state index in [-0.39, 0.29) is 36.7 Å². The Morgan fingerprint density at radius 1 is 1.06 bits per heavy atom. The van der Waals surface area contributed by atoms with Crippen LogP contribution >= 0.6 is 11.3 Å². The third kappa shape index (κ3) is 7.53. The molecule has 3 rings (SSSR count). The number of nitrogens with one attached hydrogen (secondary N) is 1. The number of aromatic nitrogens is 2. The lowest BCUT2D eigenvalue weighted by Gasteiger charge is -2.35. The molecule has 2 heterocycles. The van der Waals surface area contributed by atoms with Gasteiger partial charge in [-0.05, 0) is 46.5 Å². The topological polar surface area (TPSA) is 123 Å². The van der Waals surface area contributed by atoms with E-state index in [0.717, 1.165) is 25.7 Å². The molecular weight excluding hydrogens is 450 g/mol.